The number of carbonyl (C=O) groups is 1. The van der Waals surface area contributed by atoms with Crippen LogP contribution in [0.3, 0.4) is 0 Å². The molecule has 1 amide bonds. The van der Waals surface area contributed by atoms with Crippen molar-refractivity contribution in [3.8, 4) is 0 Å². The molecule has 1 aliphatic carbocycles. The van der Waals surface area contributed by atoms with E-state index in [1.165, 1.54) is 0 Å². The van der Waals surface area contributed by atoms with Crippen LogP contribution in [0.25, 0.3) is 0 Å². The molecule has 2 unspecified atom stereocenters. The molecule has 4 heteroatoms. The molecule has 1 aliphatic rings. The Morgan fingerprint density at radius 1 is 1.60 bits per heavy atom. The van der Waals surface area contributed by atoms with Crippen LogP contribution in [-0.2, 0) is 0 Å². The molecule has 3 N–H and O–H groups in total. The molecular formula is C11H13BrN2O. The Hall–Kier alpha value is -0.870. The summed E-state index contributed by atoms with van der Waals surface area (Å²) in [5.74, 6) is -0.0523. The van der Waals surface area contributed by atoms with E-state index in [2.05, 4.69) is 21.2 Å². The van der Waals surface area contributed by atoms with E-state index in [4.69, 9.17) is 5.73 Å². The predicted octanol–water partition coefficient (Wildman–Crippen LogP) is 1.59. The highest BCUT2D eigenvalue weighted by Crippen LogP contribution is 2.21. The Labute approximate surface area is 97.2 Å². The summed E-state index contributed by atoms with van der Waals surface area (Å²) in [5, 5.41) is 2.89. The molecule has 0 radical (unpaired) electrons. The quantitative estimate of drug-likeness (QED) is 0.856. The van der Waals surface area contributed by atoms with E-state index in [9.17, 15) is 4.79 Å². The van der Waals surface area contributed by atoms with E-state index < -0.39 is 0 Å². The fraction of sp³-hybridized carbons (Fsp3) is 0.364. The maximum absolute atomic E-state index is 11.8. The van der Waals surface area contributed by atoms with Gasteiger partial charge in [0.2, 0.25) is 0 Å². The summed E-state index contributed by atoms with van der Waals surface area (Å²) in [7, 11) is 0. The molecule has 80 valence electrons. The summed E-state index contributed by atoms with van der Waals surface area (Å²) in [5.41, 5.74) is 7.38. The second-order valence-electron chi connectivity index (χ2n) is 3.96. The molecule has 2 rings (SSSR count). The summed E-state index contributed by atoms with van der Waals surface area (Å²) >= 11 is 3.36. The highest BCUT2D eigenvalue weighted by atomic mass is 79.9. The lowest BCUT2D eigenvalue weighted by molar-refractivity contribution is 0.0949. The topological polar surface area (TPSA) is 55.1 Å². The van der Waals surface area contributed by atoms with Crippen LogP contribution in [0.5, 0.6) is 0 Å². The molecule has 0 heterocycles. The van der Waals surface area contributed by atoms with Gasteiger partial charge in [-0.3, -0.25) is 4.79 Å². The van der Waals surface area contributed by atoms with Crippen LogP contribution in [0, 0.1) is 6.92 Å². The highest BCUT2D eigenvalue weighted by molar-refractivity contribution is 9.10. The number of hydrogen-bond acceptors (Lipinski definition) is 2. The van der Waals surface area contributed by atoms with Crippen molar-refractivity contribution in [2.45, 2.75) is 25.4 Å². The zero-order valence-electron chi connectivity index (χ0n) is 8.46. The van der Waals surface area contributed by atoms with Crippen molar-refractivity contribution in [3.63, 3.8) is 0 Å². The molecule has 0 bridgehead atoms. The first-order chi connectivity index (χ1) is 7.08. The lowest BCUT2D eigenvalue weighted by Crippen LogP contribution is -2.29. The van der Waals surface area contributed by atoms with E-state index in [1.54, 1.807) is 0 Å². The van der Waals surface area contributed by atoms with Gasteiger partial charge in [0.05, 0.1) is 5.56 Å². The van der Waals surface area contributed by atoms with Gasteiger partial charge >= 0.3 is 0 Å². The van der Waals surface area contributed by atoms with Crippen molar-refractivity contribution in [1.82, 2.24) is 5.32 Å². The van der Waals surface area contributed by atoms with Crippen LogP contribution in [0.15, 0.2) is 22.7 Å². The third-order valence-electron chi connectivity index (χ3n) is 2.52. The molecule has 0 saturated heterocycles. The van der Waals surface area contributed by atoms with Gasteiger partial charge in [-0.05, 0) is 41.4 Å². The number of halogens is 1. The van der Waals surface area contributed by atoms with Crippen molar-refractivity contribution >= 4 is 21.8 Å². The molecule has 0 aromatic heterocycles. The average molecular weight is 269 g/mol. The lowest BCUT2D eigenvalue weighted by Gasteiger charge is -2.06. The Morgan fingerprint density at radius 2 is 2.27 bits per heavy atom. The minimum atomic E-state index is -0.0523. The van der Waals surface area contributed by atoms with E-state index in [0.717, 1.165) is 16.5 Å². The molecule has 0 spiro atoms. The third-order valence-corrected chi connectivity index (χ3v) is 3.21. The standard InChI is InChI=1S/C11H13BrN2O/c1-6-2-3-8(12)7(4-6)11(15)14-10-5-9(10)13/h2-4,9-10H,5,13H2,1H3,(H,14,15). The van der Waals surface area contributed by atoms with Crippen molar-refractivity contribution in [3.05, 3.63) is 33.8 Å². The maximum Gasteiger partial charge on any atom is 0.252 e. The van der Waals surface area contributed by atoms with Gasteiger partial charge in [-0.1, -0.05) is 11.6 Å². The summed E-state index contributed by atoms with van der Waals surface area (Å²) in [4.78, 5) is 11.8. The van der Waals surface area contributed by atoms with Crippen LogP contribution >= 0.6 is 15.9 Å². The second-order valence-corrected chi connectivity index (χ2v) is 4.82. The number of benzene rings is 1. The average Bonchev–Trinajstić information content (AvgIpc) is 2.86. The summed E-state index contributed by atoms with van der Waals surface area (Å²) in [6.45, 7) is 1.96. The number of nitrogens with two attached hydrogens (primary N) is 1. The van der Waals surface area contributed by atoms with Crippen molar-refractivity contribution in [2.24, 2.45) is 5.73 Å². The van der Waals surface area contributed by atoms with Gasteiger partial charge in [0.1, 0.15) is 0 Å². The monoisotopic (exact) mass is 268 g/mol. The maximum atomic E-state index is 11.8. The zero-order chi connectivity index (χ0) is 11.0. The zero-order valence-corrected chi connectivity index (χ0v) is 10.0. The molecule has 1 aromatic rings. The smallest absolute Gasteiger partial charge is 0.252 e. The van der Waals surface area contributed by atoms with Gasteiger partial charge in [-0.15, -0.1) is 0 Å². The predicted molar refractivity (Wildman–Crippen MR) is 62.7 cm³/mol. The van der Waals surface area contributed by atoms with Gasteiger partial charge < -0.3 is 11.1 Å². The van der Waals surface area contributed by atoms with Gasteiger partial charge in [-0.25, -0.2) is 0 Å². The van der Waals surface area contributed by atoms with Crippen molar-refractivity contribution < 1.29 is 4.79 Å². The number of rotatable bonds is 2. The van der Waals surface area contributed by atoms with Gasteiger partial charge in [0, 0.05) is 16.6 Å². The Kier molecular flexibility index (Phi) is 2.80. The first-order valence-corrected chi connectivity index (χ1v) is 5.70. The molecule has 1 fully saturated rings. The summed E-state index contributed by atoms with van der Waals surface area (Å²) in [6, 6.07) is 6.01. The first kappa shape index (κ1) is 10.6. The SMILES string of the molecule is Cc1ccc(Br)c(C(=O)NC2CC2N)c1. The molecular weight excluding hydrogens is 256 g/mol. The first-order valence-electron chi connectivity index (χ1n) is 4.90. The van der Waals surface area contributed by atoms with Crippen LogP contribution in [0.4, 0.5) is 0 Å². The molecule has 3 nitrogen and oxygen atoms in total. The minimum Gasteiger partial charge on any atom is -0.348 e. The Morgan fingerprint density at radius 3 is 2.87 bits per heavy atom. The normalized spacial score (nSPS) is 23.7. The fourth-order valence-corrected chi connectivity index (χ4v) is 1.87. The Bertz CT molecular complexity index is 406. The molecule has 1 aromatic carbocycles. The summed E-state index contributed by atoms with van der Waals surface area (Å²) < 4.78 is 0.819. The van der Waals surface area contributed by atoms with E-state index in [0.29, 0.717) is 5.56 Å². The molecule has 0 aliphatic heterocycles. The van der Waals surface area contributed by atoms with Crippen molar-refractivity contribution in [2.75, 3.05) is 0 Å². The lowest BCUT2D eigenvalue weighted by atomic mass is 10.1. The summed E-state index contributed by atoms with van der Waals surface area (Å²) in [6.07, 6.45) is 0.884. The van der Waals surface area contributed by atoms with Crippen LogP contribution in [0.1, 0.15) is 22.3 Å². The molecule has 2 atom stereocenters. The van der Waals surface area contributed by atoms with Gasteiger partial charge in [-0.2, -0.15) is 0 Å². The highest BCUT2D eigenvalue weighted by Gasteiger charge is 2.35. The van der Waals surface area contributed by atoms with Gasteiger partial charge in [0.25, 0.3) is 5.91 Å². The van der Waals surface area contributed by atoms with Crippen LogP contribution < -0.4 is 11.1 Å². The van der Waals surface area contributed by atoms with Crippen LogP contribution in [0.2, 0.25) is 0 Å². The van der Waals surface area contributed by atoms with E-state index in [-0.39, 0.29) is 18.0 Å². The fourth-order valence-electron chi connectivity index (χ4n) is 1.44. The van der Waals surface area contributed by atoms with E-state index in [1.807, 2.05) is 25.1 Å². The van der Waals surface area contributed by atoms with Crippen molar-refractivity contribution in [1.29, 1.82) is 0 Å². The van der Waals surface area contributed by atoms with E-state index >= 15 is 0 Å². The van der Waals surface area contributed by atoms with Gasteiger partial charge in [0.15, 0.2) is 0 Å². The number of carbonyl (C=O) groups excluding carboxylic acids is 1. The largest absolute Gasteiger partial charge is 0.348 e. The van der Waals surface area contributed by atoms with Crippen LogP contribution in [-0.4, -0.2) is 18.0 Å². The third kappa shape index (κ3) is 2.38. The second kappa shape index (κ2) is 3.94. The molecule has 1 saturated carbocycles. The molecule has 15 heavy (non-hydrogen) atoms. The Balaban J connectivity index is 2.14. The number of aryl methyl sites for hydroxylation is 1. The minimum absolute atomic E-state index is 0.0523. The number of hydrogen-bond donors (Lipinski definition) is 2. The number of amides is 1. The number of nitrogens with one attached hydrogen (secondary N) is 1.